The summed E-state index contributed by atoms with van der Waals surface area (Å²) in [6.45, 7) is 0. The minimum Gasteiger partial charge on any atom is -0.321 e. The summed E-state index contributed by atoms with van der Waals surface area (Å²) in [7, 11) is 0. The van der Waals surface area contributed by atoms with Crippen molar-refractivity contribution in [2.45, 2.75) is 0 Å². The normalized spacial score (nSPS) is 10.3. The molecule has 1 N–H and O–H groups in total. The number of halogens is 4. The topological polar surface area (TPSA) is 29.1 Å². The molecular weight excluding hydrogens is 400 g/mol. The van der Waals surface area contributed by atoms with Gasteiger partial charge in [0.25, 0.3) is 5.91 Å². The average Bonchev–Trinajstić information content (AvgIpc) is 2.33. The molecule has 0 atom stereocenters. The molecule has 0 saturated carbocycles. The van der Waals surface area contributed by atoms with E-state index in [2.05, 4.69) is 37.2 Å². The quantitative estimate of drug-likeness (QED) is 0.723. The van der Waals surface area contributed by atoms with Gasteiger partial charge in [-0.1, -0.05) is 11.6 Å². The average molecular weight is 407 g/mol. The first kappa shape index (κ1) is 14.5. The van der Waals surface area contributed by atoms with Crippen molar-refractivity contribution in [2.75, 3.05) is 5.32 Å². The van der Waals surface area contributed by atoms with Crippen LogP contribution in [0.4, 0.5) is 10.1 Å². The number of rotatable bonds is 2. The fourth-order valence-corrected chi connectivity index (χ4v) is 2.67. The zero-order valence-electron chi connectivity index (χ0n) is 9.38. The molecule has 2 nitrogen and oxygen atoms in total. The summed E-state index contributed by atoms with van der Waals surface area (Å²) >= 11 is 12.3. The van der Waals surface area contributed by atoms with Crippen LogP contribution in [0.2, 0.25) is 5.02 Å². The second-order valence-electron chi connectivity index (χ2n) is 3.70. The molecule has 0 aliphatic carbocycles. The number of anilines is 1. The number of amides is 1. The highest BCUT2D eigenvalue weighted by molar-refractivity contribution is 9.11. The Morgan fingerprint density at radius 1 is 1.11 bits per heavy atom. The highest BCUT2D eigenvalue weighted by Crippen LogP contribution is 2.26. The minimum absolute atomic E-state index is 0.352. The molecule has 2 aromatic rings. The first-order valence-corrected chi connectivity index (χ1v) is 7.15. The fourth-order valence-electron chi connectivity index (χ4n) is 1.46. The van der Waals surface area contributed by atoms with E-state index in [0.29, 0.717) is 25.2 Å². The molecule has 0 aromatic heterocycles. The van der Waals surface area contributed by atoms with Gasteiger partial charge in [0, 0.05) is 14.0 Å². The summed E-state index contributed by atoms with van der Waals surface area (Å²) in [5.74, 6) is -0.775. The van der Waals surface area contributed by atoms with Gasteiger partial charge in [-0.15, -0.1) is 0 Å². The molecule has 1 amide bonds. The van der Waals surface area contributed by atoms with Crippen LogP contribution in [0.3, 0.4) is 0 Å². The number of carbonyl (C=O) groups excluding carboxylic acids is 1. The Morgan fingerprint density at radius 3 is 2.53 bits per heavy atom. The molecule has 0 aliphatic heterocycles. The molecule has 0 heterocycles. The Bertz CT molecular complexity index is 649. The third-order valence-corrected chi connectivity index (χ3v) is 3.94. The highest BCUT2D eigenvalue weighted by Gasteiger charge is 2.12. The van der Waals surface area contributed by atoms with Crippen molar-refractivity contribution < 1.29 is 9.18 Å². The maximum atomic E-state index is 13.1. The predicted molar refractivity (Wildman–Crippen MR) is 81.2 cm³/mol. The van der Waals surface area contributed by atoms with Gasteiger partial charge >= 0.3 is 0 Å². The third-order valence-electron chi connectivity index (χ3n) is 2.35. The first-order chi connectivity index (χ1) is 8.97. The Labute approximate surface area is 131 Å². The van der Waals surface area contributed by atoms with E-state index < -0.39 is 5.82 Å². The molecule has 0 radical (unpaired) electrons. The van der Waals surface area contributed by atoms with Gasteiger partial charge in [0.15, 0.2) is 0 Å². The second-order valence-corrected chi connectivity index (χ2v) is 5.85. The molecule has 19 heavy (non-hydrogen) atoms. The van der Waals surface area contributed by atoms with E-state index in [9.17, 15) is 9.18 Å². The van der Waals surface area contributed by atoms with Crippen molar-refractivity contribution in [3.63, 3.8) is 0 Å². The number of benzene rings is 2. The summed E-state index contributed by atoms with van der Waals surface area (Å²) < 4.78 is 14.3. The van der Waals surface area contributed by atoms with E-state index in [0.717, 1.165) is 0 Å². The van der Waals surface area contributed by atoms with Crippen molar-refractivity contribution in [2.24, 2.45) is 0 Å². The van der Waals surface area contributed by atoms with Crippen molar-refractivity contribution in [3.05, 3.63) is 61.7 Å². The van der Waals surface area contributed by atoms with Crippen molar-refractivity contribution >= 4 is 55.1 Å². The van der Waals surface area contributed by atoms with E-state index >= 15 is 0 Å². The largest absolute Gasteiger partial charge is 0.321 e. The molecule has 0 bridgehead atoms. The molecule has 0 saturated heterocycles. The van der Waals surface area contributed by atoms with E-state index in [1.807, 2.05) is 0 Å². The molecule has 0 aliphatic rings. The lowest BCUT2D eigenvalue weighted by molar-refractivity contribution is 0.102. The number of nitrogens with one attached hydrogen (secondary N) is 1. The smallest absolute Gasteiger partial charge is 0.256 e. The van der Waals surface area contributed by atoms with Gasteiger partial charge in [-0.2, -0.15) is 0 Å². The van der Waals surface area contributed by atoms with Gasteiger partial charge < -0.3 is 5.32 Å². The summed E-state index contributed by atoms with van der Waals surface area (Å²) in [5, 5.41) is 3.15. The lowest BCUT2D eigenvalue weighted by atomic mass is 10.2. The van der Waals surface area contributed by atoms with Crippen molar-refractivity contribution in [1.82, 2.24) is 0 Å². The minimum atomic E-state index is -0.423. The molecule has 6 heteroatoms. The predicted octanol–water partition coefficient (Wildman–Crippen LogP) is 5.26. The Morgan fingerprint density at radius 2 is 1.84 bits per heavy atom. The molecule has 2 aromatic carbocycles. The second kappa shape index (κ2) is 6.03. The van der Waals surface area contributed by atoms with Crippen LogP contribution >= 0.6 is 43.5 Å². The number of carbonyl (C=O) groups is 1. The van der Waals surface area contributed by atoms with Crippen molar-refractivity contribution in [3.8, 4) is 0 Å². The van der Waals surface area contributed by atoms with E-state index in [1.54, 1.807) is 18.2 Å². The van der Waals surface area contributed by atoms with Crippen LogP contribution in [0.1, 0.15) is 10.4 Å². The van der Waals surface area contributed by atoms with Gasteiger partial charge in [0.1, 0.15) is 5.82 Å². The van der Waals surface area contributed by atoms with Crippen LogP contribution in [-0.4, -0.2) is 5.91 Å². The van der Waals surface area contributed by atoms with Crippen LogP contribution < -0.4 is 5.32 Å². The summed E-state index contributed by atoms with van der Waals surface area (Å²) in [5.41, 5.74) is 0.785. The summed E-state index contributed by atoms with van der Waals surface area (Å²) in [6.07, 6.45) is 0. The zero-order valence-corrected chi connectivity index (χ0v) is 13.3. The number of hydrogen-bond donors (Lipinski definition) is 1. The Kier molecular flexibility index (Phi) is 4.60. The van der Waals surface area contributed by atoms with E-state index in [1.165, 1.54) is 18.2 Å². The first-order valence-electron chi connectivity index (χ1n) is 5.19. The van der Waals surface area contributed by atoms with Gasteiger partial charge in [-0.25, -0.2) is 4.39 Å². The molecule has 0 unspecified atom stereocenters. The van der Waals surface area contributed by atoms with Crippen LogP contribution in [0.15, 0.2) is 45.3 Å². The van der Waals surface area contributed by atoms with Crippen LogP contribution in [0.25, 0.3) is 0 Å². The Hall–Kier alpha value is -0.910. The third kappa shape index (κ3) is 3.55. The van der Waals surface area contributed by atoms with E-state index in [4.69, 9.17) is 11.6 Å². The zero-order chi connectivity index (χ0) is 14.0. The van der Waals surface area contributed by atoms with Gasteiger partial charge in [0.05, 0.1) is 11.3 Å². The van der Waals surface area contributed by atoms with Crippen molar-refractivity contribution in [1.29, 1.82) is 0 Å². The lowest BCUT2D eigenvalue weighted by Crippen LogP contribution is -2.13. The maximum absolute atomic E-state index is 13.1. The maximum Gasteiger partial charge on any atom is 0.256 e. The SMILES string of the molecule is O=C(Nc1cc(F)ccc1Br)c1ccc(Cl)cc1Br. The lowest BCUT2D eigenvalue weighted by Gasteiger charge is -2.09. The molecule has 98 valence electrons. The summed E-state index contributed by atoms with van der Waals surface area (Å²) in [4.78, 5) is 12.1. The fraction of sp³-hybridized carbons (Fsp3) is 0. The van der Waals surface area contributed by atoms with Crippen LogP contribution in [0.5, 0.6) is 0 Å². The van der Waals surface area contributed by atoms with Gasteiger partial charge in [-0.3, -0.25) is 4.79 Å². The Balaban J connectivity index is 2.28. The molecule has 0 spiro atoms. The molecule has 2 rings (SSSR count). The molecule has 0 fully saturated rings. The van der Waals surface area contributed by atoms with Gasteiger partial charge in [-0.05, 0) is 68.3 Å². The highest BCUT2D eigenvalue weighted by atomic mass is 79.9. The molecular formula is C13H7Br2ClFNO. The monoisotopic (exact) mass is 405 g/mol. The number of hydrogen-bond acceptors (Lipinski definition) is 1. The standard InChI is InChI=1S/C13H7Br2ClFNO/c14-10-4-2-8(17)6-12(10)18-13(19)9-3-1-7(16)5-11(9)15/h1-6H,(H,18,19). The van der Waals surface area contributed by atoms with E-state index in [-0.39, 0.29) is 5.91 Å². The van der Waals surface area contributed by atoms with Crippen LogP contribution in [0, 0.1) is 5.82 Å². The summed E-state index contributed by atoms with van der Waals surface area (Å²) in [6, 6.07) is 8.90. The van der Waals surface area contributed by atoms with Gasteiger partial charge in [0.2, 0.25) is 0 Å². The van der Waals surface area contributed by atoms with Crippen LogP contribution in [-0.2, 0) is 0 Å².